The van der Waals surface area contributed by atoms with Gasteiger partial charge in [0.1, 0.15) is 5.75 Å². The molecule has 7 nitrogen and oxygen atoms in total. The van der Waals surface area contributed by atoms with Gasteiger partial charge in [-0.15, -0.1) is 0 Å². The summed E-state index contributed by atoms with van der Waals surface area (Å²) in [7, 11) is 1.52. The molecule has 0 bridgehead atoms. The zero-order chi connectivity index (χ0) is 19.0. The molecule has 3 fully saturated rings. The lowest BCUT2D eigenvalue weighted by Gasteiger charge is -2.48. The Balaban J connectivity index is 1.45. The van der Waals surface area contributed by atoms with Gasteiger partial charge in [0, 0.05) is 32.4 Å². The first-order valence-corrected chi connectivity index (χ1v) is 9.77. The fraction of sp³-hybridized carbons (Fsp3) is 0.650. The largest absolute Gasteiger partial charge is 0.494 e. The van der Waals surface area contributed by atoms with Crippen LogP contribution in [0.2, 0.25) is 0 Å². The van der Waals surface area contributed by atoms with E-state index in [0.29, 0.717) is 56.1 Å². The number of ether oxygens (including phenoxy) is 1. The molecule has 1 aliphatic carbocycles. The minimum atomic E-state index is -0.522. The molecule has 1 aromatic rings. The number of aromatic nitrogens is 1. The SMILES string of the molecule is COc1cnccc1C(=O)N1CCC2(CC1)CC(O)CN(CC1CC1)C2=O. The molecule has 1 atom stereocenters. The van der Waals surface area contributed by atoms with Crippen LogP contribution >= 0.6 is 0 Å². The van der Waals surface area contributed by atoms with Gasteiger partial charge >= 0.3 is 0 Å². The van der Waals surface area contributed by atoms with Gasteiger partial charge in [0.2, 0.25) is 5.91 Å². The number of carbonyl (C=O) groups is 2. The van der Waals surface area contributed by atoms with Crippen molar-refractivity contribution >= 4 is 11.8 Å². The number of likely N-dealkylation sites (tertiary alicyclic amines) is 2. The van der Waals surface area contributed by atoms with E-state index < -0.39 is 11.5 Å². The van der Waals surface area contributed by atoms with Crippen molar-refractivity contribution in [1.29, 1.82) is 0 Å². The maximum absolute atomic E-state index is 13.1. The first kappa shape index (κ1) is 18.2. The Kier molecular flexibility index (Phi) is 4.80. The number of piperidine rings is 2. The van der Waals surface area contributed by atoms with Crippen LogP contribution in [0.25, 0.3) is 0 Å². The van der Waals surface area contributed by atoms with Gasteiger partial charge in [-0.05, 0) is 44.1 Å². The Morgan fingerprint density at radius 1 is 1.37 bits per heavy atom. The van der Waals surface area contributed by atoms with Crippen LogP contribution in [0.15, 0.2) is 18.5 Å². The van der Waals surface area contributed by atoms with Crippen LogP contribution in [0.3, 0.4) is 0 Å². The van der Waals surface area contributed by atoms with Crippen molar-refractivity contribution < 1.29 is 19.4 Å². The number of β-amino-alcohol motifs (C(OH)–C–C–N with tert-alkyl or cyclic N) is 1. The summed E-state index contributed by atoms with van der Waals surface area (Å²) in [4.78, 5) is 33.7. The standard InChI is InChI=1S/C20H27N3O4/c1-27-17-11-21-7-4-16(17)18(25)22-8-5-20(6-9-22)10-15(24)13-23(19(20)26)12-14-2-3-14/h4,7,11,14-15,24H,2-3,5-6,8-10,12-13H2,1H3. The molecule has 0 aromatic carbocycles. The van der Waals surface area contributed by atoms with E-state index in [0.717, 1.165) is 6.54 Å². The van der Waals surface area contributed by atoms with E-state index in [1.54, 1.807) is 17.2 Å². The average Bonchev–Trinajstić information content (AvgIpc) is 3.50. The topological polar surface area (TPSA) is 83.0 Å². The lowest BCUT2D eigenvalue weighted by atomic mass is 9.70. The number of carbonyl (C=O) groups excluding carboxylic acids is 2. The third-order valence-electron chi connectivity index (χ3n) is 6.22. The number of aliphatic hydroxyl groups is 1. The van der Waals surface area contributed by atoms with Gasteiger partial charge in [-0.1, -0.05) is 0 Å². The van der Waals surface area contributed by atoms with Gasteiger partial charge < -0.3 is 19.6 Å². The van der Waals surface area contributed by atoms with Crippen LogP contribution in [0.5, 0.6) is 5.75 Å². The molecule has 1 spiro atoms. The van der Waals surface area contributed by atoms with Crippen LogP contribution in [-0.4, -0.2) is 71.1 Å². The number of aliphatic hydroxyl groups excluding tert-OH is 1. The van der Waals surface area contributed by atoms with Gasteiger partial charge in [-0.3, -0.25) is 14.6 Å². The molecular weight excluding hydrogens is 346 g/mol. The fourth-order valence-corrected chi connectivity index (χ4v) is 4.49. The van der Waals surface area contributed by atoms with Crippen molar-refractivity contribution in [2.24, 2.45) is 11.3 Å². The van der Waals surface area contributed by atoms with Crippen LogP contribution in [-0.2, 0) is 4.79 Å². The highest BCUT2D eigenvalue weighted by Crippen LogP contribution is 2.43. The summed E-state index contributed by atoms with van der Waals surface area (Å²) in [6.07, 6.45) is 6.73. The number of pyridine rings is 1. The second-order valence-electron chi connectivity index (χ2n) is 8.16. The molecule has 146 valence electrons. The highest BCUT2D eigenvalue weighted by atomic mass is 16.5. The molecule has 2 saturated heterocycles. The van der Waals surface area contributed by atoms with E-state index in [1.165, 1.54) is 26.1 Å². The Morgan fingerprint density at radius 2 is 2.11 bits per heavy atom. The van der Waals surface area contributed by atoms with Crippen molar-refractivity contribution in [3.05, 3.63) is 24.0 Å². The van der Waals surface area contributed by atoms with Gasteiger partial charge in [0.15, 0.2) is 0 Å². The number of hydrogen-bond donors (Lipinski definition) is 1. The first-order chi connectivity index (χ1) is 13.0. The molecule has 7 heteroatoms. The molecule has 1 aromatic heterocycles. The van der Waals surface area contributed by atoms with Crippen molar-refractivity contribution in [3.8, 4) is 5.75 Å². The molecule has 27 heavy (non-hydrogen) atoms. The van der Waals surface area contributed by atoms with E-state index in [-0.39, 0.29) is 11.8 Å². The lowest BCUT2D eigenvalue weighted by Crippen LogP contribution is -2.58. The molecule has 1 N–H and O–H groups in total. The van der Waals surface area contributed by atoms with Crippen molar-refractivity contribution in [3.63, 3.8) is 0 Å². The summed E-state index contributed by atoms with van der Waals surface area (Å²) in [5, 5.41) is 10.4. The number of methoxy groups -OCH3 is 1. The van der Waals surface area contributed by atoms with Crippen LogP contribution in [0.1, 0.15) is 42.5 Å². The van der Waals surface area contributed by atoms with Crippen molar-refractivity contribution in [1.82, 2.24) is 14.8 Å². The fourth-order valence-electron chi connectivity index (χ4n) is 4.49. The molecule has 3 heterocycles. The first-order valence-electron chi connectivity index (χ1n) is 9.77. The maximum Gasteiger partial charge on any atom is 0.257 e. The third kappa shape index (κ3) is 3.52. The molecule has 2 aliphatic heterocycles. The summed E-state index contributed by atoms with van der Waals surface area (Å²) in [6, 6.07) is 1.67. The van der Waals surface area contributed by atoms with Gasteiger partial charge in [-0.2, -0.15) is 0 Å². The van der Waals surface area contributed by atoms with E-state index in [1.807, 2.05) is 4.90 Å². The molecule has 1 saturated carbocycles. The van der Waals surface area contributed by atoms with Gasteiger partial charge in [0.25, 0.3) is 5.91 Å². The van der Waals surface area contributed by atoms with E-state index in [4.69, 9.17) is 4.74 Å². The summed E-state index contributed by atoms with van der Waals surface area (Å²) in [5.74, 6) is 1.15. The summed E-state index contributed by atoms with van der Waals surface area (Å²) in [5.41, 5.74) is -0.0279. The predicted octanol–water partition coefficient (Wildman–Crippen LogP) is 1.32. The van der Waals surface area contributed by atoms with Crippen LogP contribution in [0, 0.1) is 11.3 Å². The van der Waals surface area contributed by atoms with E-state index >= 15 is 0 Å². The highest BCUT2D eigenvalue weighted by Gasteiger charge is 2.49. The van der Waals surface area contributed by atoms with E-state index in [2.05, 4.69) is 4.98 Å². The van der Waals surface area contributed by atoms with Crippen molar-refractivity contribution in [2.75, 3.05) is 33.3 Å². The number of hydrogen-bond acceptors (Lipinski definition) is 5. The lowest BCUT2D eigenvalue weighted by molar-refractivity contribution is -0.156. The normalized spacial score (nSPS) is 25.0. The second kappa shape index (κ2) is 7.11. The van der Waals surface area contributed by atoms with Gasteiger partial charge in [0.05, 0.1) is 30.4 Å². The number of amides is 2. The molecule has 4 rings (SSSR count). The van der Waals surface area contributed by atoms with Crippen molar-refractivity contribution in [2.45, 2.75) is 38.2 Å². The number of nitrogens with zero attached hydrogens (tertiary/aromatic N) is 3. The molecule has 1 unspecified atom stereocenters. The molecule has 3 aliphatic rings. The second-order valence-corrected chi connectivity index (χ2v) is 8.16. The highest BCUT2D eigenvalue weighted by molar-refractivity contribution is 5.97. The quantitative estimate of drug-likeness (QED) is 0.861. The molecule has 0 radical (unpaired) electrons. The summed E-state index contributed by atoms with van der Waals surface area (Å²) >= 11 is 0. The Morgan fingerprint density at radius 3 is 2.78 bits per heavy atom. The third-order valence-corrected chi connectivity index (χ3v) is 6.22. The van der Waals surface area contributed by atoms with E-state index in [9.17, 15) is 14.7 Å². The summed E-state index contributed by atoms with van der Waals surface area (Å²) < 4.78 is 5.25. The average molecular weight is 373 g/mol. The van der Waals surface area contributed by atoms with Crippen LogP contribution in [0.4, 0.5) is 0 Å². The summed E-state index contributed by atoms with van der Waals surface area (Å²) in [6.45, 7) is 2.25. The maximum atomic E-state index is 13.1. The predicted molar refractivity (Wildman–Crippen MR) is 98.3 cm³/mol. The van der Waals surface area contributed by atoms with Gasteiger partial charge in [-0.25, -0.2) is 0 Å². The minimum Gasteiger partial charge on any atom is -0.494 e. The molecule has 2 amide bonds. The van der Waals surface area contributed by atoms with Crippen LogP contribution < -0.4 is 4.74 Å². The zero-order valence-corrected chi connectivity index (χ0v) is 15.8. The zero-order valence-electron chi connectivity index (χ0n) is 15.8. The smallest absolute Gasteiger partial charge is 0.257 e. The number of rotatable bonds is 4. The molecular formula is C20H27N3O4. The monoisotopic (exact) mass is 373 g/mol. The Bertz CT molecular complexity index is 724. The minimum absolute atomic E-state index is 0.0947. The Labute approximate surface area is 159 Å². The Hall–Kier alpha value is -2.15.